The Labute approximate surface area is 258 Å². The summed E-state index contributed by atoms with van der Waals surface area (Å²) in [6.45, 7) is 1.17. The Kier molecular flexibility index (Phi) is 10.4. The van der Waals surface area contributed by atoms with Crippen LogP contribution in [0.1, 0.15) is 63.9 Å². The Hall–Kier alpha value is -4.91. The quantitative estimate of drug-likeness (QED) is 0.0987. The van der Waals surface area contributed by atoms with Gasteiger partial charge in [0.15, 0.2) is 11.6 Å². The van der Waals surface area contributed by atoms with Gasteiger partial charge in [-0.2, -0.15) is 0 Å². The molecule has 3 N–H and O–H groups in total. The minimum absolute atomic E-state index is 0.144. The molecule has 1 aliphatic rings. The molecule has 1 unspecified atom stereocenters. The normalized spacial score (nSPS) is 13.6. The summed E-state index contributed by atoms with van der Waals surface area (Å²) in [5.41, 5.74) is 3.92. The van der Waals surface area contributed by atoms with E-state index in [0.717, 1.165) is 48.9 Å². The highest BCUT2D eigenvalue weighted by Crippen LogP contribution is 2.30. The van der Waals surface area contributed by atoms with Gasteiger partial charge in [0.05, 0.1) is 6.61 Å². The van der Waals surface area contributed by atoms with Gasteiger partial charge in [-0.15, -0.1) is 0 Å². The predicted molar refractivity (Wildman–Crippen MR) is 173 cm³/mol. The van der Waals surface area contributed by atoms with Crippen molar-refractivity contribution >= 4 is 28.9 Å². The molecule has 1 atom stereocenters. The Morgan fingerprint density at radius 2 is 1.41 bits per heavy atom. The van der Waals surface area contributed by atoms with E-state index in [1.165, 1.54) is 0 Å². The van der Waals surface area contributed by atoms with Crippen LogP contribution in [0.3, 0.4) is 0 Å². The third kappa shape index (κ3) is 7.92. The van der Waals surface area contributed by atoms with Gasteiger partial charge in [0.25, 0.3) is 0 Å². The number of nitrogens with one attached hydrogen (secondary N) is 2. The summed E-state index contributed by atoms with van der Waals surface area (Å²) in [4.78, 5) is 38.2. The van der Waals surface area contributed by atoms with Crippen molar-refractivity contribution in [2.75, 3.05) is 23.8 Å². The topological polar surface area (TPSA) is 105 Å². The average Bonchev–Trinajstić information content (AvgIpc) is 3.60. The standard InChI is InChI=1S/C37H38N2O5/c40-35(28-13-4-5-14-28)30-15-6-8-17-32(30)38-23-10-24-44-29-21-19-26(20-22-29)25-34(37(42)43)39-33-18-9-7-16-31(33)36(41)27-11-2-1-3-12-27/h1-3,6-9,11-12,15-22,28,34,38-39H,4-5,10,13-14,23-25H2,(H,42,43). The number of hydrogen-bond acceptors (Lipinski definition) is 6. The number of para-hydroxylation sites is 2. The zero-order chi connectivity index (χ0) is 30.7. The van der Waals surface area contributed by atoms with Gasteiger partial charge in [-0.3, -0.25) is 9.59 Å². The van der Waals surface area contributed by atoms with Crippen molar-refractivity contribution in [3.8, 4) is 5.75 Å². The monoisotopic (exact) mass is 590 g/mol. The smallest absolute Gasteiger partial charge is 0.326 e. The third-order valence-corrected chi connectivity index (χ3v) is 8.02. The number of carboxylic acid groups (broad SMARTS) is 1. The van der Waals surface area contributed by atoms with Crippen molar-refractivity contribution < 1.29 is 24.2 Å². The van der Waals surface area contributed by atoms with E-state index in [2.05, 4.69) is 10.6 Å². The van der Waals surface area contributed by atoms with E-state index in [0.29, 0.717) is 35.7 Å². The van der Waals surface area contributed by atoms with E-state index in [4.69, 9.17) is 4.74 Å². The minimum atomic E-state index is -1.01. The van der Waals surface area contributed by atoms with Gasteiger partial charge in [0.2, 0.25) is 0 Å². The lowest BCUT2D eigenvalue weighted by Crippen LogP contribution is -2.32. The molecule has 44 heavy (non-hydrogen) atoms. The molecule has 1 fully saturated rings. The molecule has 0 amide bonds. The first-order valence-electron chi connectivity index (χ1n) is 15.3. The van der Waals surface area contributed by atoms with Crippen LogP contribution < -0.4 is 15.4 Å². The van der Waals surface area contributed by atoms with Crippen LogP contribution in [-0.2, 0) is 11.2 Å². The molecule has 4 aromatic carbocycles. The maximum Gasteiger partial charge on any atom is 0.326 e. The molecular weight excluding hydrogens is 552 g/mol. The fourth-order valence-electron chi connectivity index (χ4n) is 5.64. The van der Waals surface area contributed by atoms with E-state index in [1.807, 2.05) is 54.6 Å². The van der Waals surface area contributed by atoms with Gasteiger partial charge in [-0.05, 0) is 61.2 Å². The summed E-state index contributed by atoms with van der Waals surface area (Å²) in [5, 5.41) is 16.4. The molecule has 5 rings (SSSR count). The SMILES string of the molecule is O=C(c1ccccc1)c1ccccc1NC(Cc1ccc(OCCCNc2ccccc2C(=O)C2CCCC2)cc1)C(=O)O. The van der Waals surface area contributed by atoms with Crippen LogP contribution in [0.15, 0.2) is 103 Å². The number of anilines is 2. The summed E-state index contributed by atoms with van der Waals surface area (Å²) in [6.07, 6.45) is 5.21. The summed E-state index contributed by atoms with van der Waals surface area (Å²) in [6, 6.07) is 30.1. The number of Topliss-reactive ketones (excluding diaryl/α,β-unsaturated/α-hetero) is 1. The zero-order valence-electron chi connectivity index (χ0n) is 24.7. The van der Waals surface area contributed by atoms with Crippen LogP contribution >= 0.6 is 0 Å². The van der Waals surface area contributed by atoms with Crippen molar-refractivity contribution in [1.29, 1.82) is 0 Å². The van der Waals surface area contributed by atoms with Gasteiger partial charge in [0.1, 0.15) is 11.8 Å². The average molecular weight is 591 g/mol. The van der Waals surface area contributed by atoms with Crippen molar-refractivity contribution in [3.05, 3.63) is 125 Å². The van der Waals surface area contributed by atoms with Gasteiger partial charge in [0, 0.05) is 46.9 Å². The van der Waals surface area contributed by atoms with Crippen molar-refractivity contribution in [1.82, 2.24) is 0 Å². The lowest BCUT2D eigenvalue weighted by molar-refractivity contribution is -0.137. The molecule has 4 aromatic rings. The number of aliphatic carboxylic acids is 1. The molecular formula is C37H38N2O5. The fourth-order valence-corrected chi connectivity index (χ4v) is 5.64. The predicted octanol–water partition coefficient (Wildman–Crippen LogP) is 7.28. The number of carboxylic acids is 1. The Morgan fingerprint density at radius 1 is 0.773 bits per heavy atom. The van der Waals surface area contributed by atoms with Crippen molar-refractivity contribution in [2.45, 2.75) is 44.6 Å². The van der Waals surface area contributed by atoms with Crippen LogP contribution in [0.25, 0.3) is 0 Å². The maximum atomic E-state index is 13.1. The van der Waals surface area contributed by atoms with Crippen LogP contribution in [0, 0.1) is 5.92 Å². The molecule has 0 saturated heterocycles. The van der Waals surface area contributed by atoms with E-state index in [1.54, 1.807) is 48.5 Å². The van der Waals surface area contributed by atoms with Crippen LogP contribution in [0.4, 0.5) is 11.4 Å². The molecule has 0 bridgehead atoms. The van der Waals surface area contributed by atoms with Crippen LogP contribution in [0.5, 0.6) is 5.75 Å². The zero-order valence-corrected chi connectivity index (χ0v) is 24.7. The lowest BCUT2D eigenvalue weighted by atomic mass is 9.95. The molecule has 0 spiro atoms. The first-order valence-corrected chi connectivity index (χ1v) is 15.3. The summed E-state index contributed by atoms with van der Waals surface area (Å²) < 4.78 is 5.91. The van der Waals surface area contributed by atoms with E-state index in [-0.39, 0.29) is 23.9 Å². The largest absolute Gasteiger partial charge is 0.494 e. The lowest BCUT2D eigenvalue weighted by Gasteiger charge is -2.18. The Bertz CT molecular complexity index is 1560. The summed E-state index contributed by atoms with van der Waals surface area (Å²) in [7, 11) is 0. The third-order valence-electron chi connectivity index (χ3n) is 8.02. The number of rotatable bonds is 15. The number of ether oxygens (including phenoxy) is 1. The van der Waals surface area contributed by atoms with Crippen molar-refractivity contribution in [2.24, 2.45) is 5.92 Å². The fraction of sp³-hybridized carbons (Fsp3) is 0.270. The summed E-state index contributed by atoms with van der Waals surface area (Å²) in [5.74, 6) is -0.0931. The summed E-state index contributed by atoms with van der Waals surface area (Å²) >= 11 is 0. The molecule has 0 aliphatic heterocycles. The van der Waals surface area contributed by atoms with Gasteiger partial charge >= 0.3 is 5.97 Å². The molecule has 0 heterocycles. The highest BCUT2D eigenvalue weighted by atomic mass is 16.5. The highest BCUT2D eigenvalue weighted by molar-refractivity contribution is 6.12. The number of ketones is 2. The molecule has 7 nitrogen and oxygen atoms in total. The number of carbonyl (C=O) groups is 3. The highest BCUT2D eigenvalue weighted by Gasteiger charge is 2.25. The molecule has 0 radical (unpaired) electrons. The minimum Gasteiger partial charge on any atom is -0.494 e. The maximum absolute atomic E-state index is 13.1. The van der Waals surface area contributed by atoms with Gasteiger partial charge in [-0.1, -0.05) is 79.6 Å². The Balaban J connectivity index is 1.12. The van der Waals surface area contributed by atoms with Crippen LogP contribution in [0.2, 0.25) is 0 Å². The molecule has 226 valence electrons. The van der Waals surface area contributed by atoms with Gasteiger partial charge < -0.3 is 20.5 Å². The second kappa shape index (κ2) is 15.0. The Morgan fingerprint density at radius 3 is 2.11 bits per heavy atom. The first-order chi connectivity index (χ1) is 21.5. The number of hydrogen-bond donors (Lipinski definition) is 3. The molecule has 1 saturated carbocycles. The van der Waals surface area contributed by atoms with E-state index < -0.39 is 12.0 Å². The number of carbonyl (C=O) groups excluding carboxylic acids is 2. The number of benzene rings is 4. The van der Waals surface area contributed by atoms with E-state index >= 15 is 0 Å². The first kappa shape index (κ1) is 30.5. The van der Waals surface area contributed by atoms with E-state index in [9.17, 15) is 19.5 Å². The van der Waals surface area contributed by atoms with Crippen molar-refractivity contribution in [3.63, 3.8) is 0 Å². The second-order valence-corrected chi connectivity index (χ2v) is 11.1. The molecule has 0 aromatic heterocycles. The molecule has 7 heteroatoms. The van der Waals surface area contributed by atoms with Crippen LogP contribution in [-0.4, -0.2) is 41.8 Å². The molecule has 1 aliphatic carbocycles. The second-order valence-electron chi connectivity index (χ2n) is 11.1. The van der Waals surface area contributed by atoms with Gasteiger partial charge in [-0.25, -0.2) is 4.79 Å².